The van der Waals surface area contributed by atoms with Crippen molar-refractivity contribution >= 4 is 28.1 Å². The molecule has 0 amide bonds. The summed E-state index contributed by atoms with van der Waals surface area (Å²) in [5, 5.41) is 16.9. The van der Waals surface area contributed by atoms with E-state index in [1.165, 1.54) is 6.07 Å². The predicted octanol–water partition coefficient (Wildman–Crippen LogP) is 5.81. The molecule has 3 aromatic carbocycles. The Bertz CT molecular complexity index is 1240. The molecule has 7 heteroatoms. The van der Waals surface area contributed by atoms with E-state index in [2.05, 4.69) is 0 Å². The van der Waals surface area contributed by atoms with E-state index in [1.807, 2.05) is 65.3 Å². The topological polar surface area (TPSA) is 82.5 Å². The van der Waals surface area contributed by atoms with Crippen molar-refractivity contribution in [1.82, 2.24) is 9.78 Å². The minimum atomic E-state index is -0.392. The van der Waals surface area contributed by atoms with Gasteiger partial charge in [0, 0.05) is 29.9 Å². The first-order valence-corrected chi connectivity index (χ1v) is 10.7. The Balaban J connectivity index is 1.72. The molecular weight excluding hydrogens is 404 g/mol. The van der Waals surface area contributed by atoms with Crippen LogP contribution in [0.5, 0.6) is 0 Å². The third kappa shape index (κ3) is 3.90. The molecule has 0 N–H and O–H groups in total. The van der Waals surface area contributed by atoms with E-state index < -0.39 is 4.92 Å². The monoisotopic (exact) mass is 426 g/mol. The predicted molar refractivity (Wildman–Crippen MR) is 123 cm³/mol. The van der Waals surface area contributed by atoms with Crippen LogP contribution in [0.15, 0.2) is 83.9 Å². The normalized spacial score (nSPS) is 16.1. The van der Waals surface area contributed by atoms with Crippen molar-refractivity contribution in [3.8, 4) is 0 Å². The van der Waals surface area contributed by atoms with E-state index in [0.717, 1.165) is 41.6 Å². The van der Waals surface area contributed by atoms with Crippen molar-refractivity contribution in [2.75, 3.05) is 6.61 Å². The lowest BCUT2D eigenvalue weighted by Crippen LogP contribution is -2.19. The van der Waals surface area contributed by atoms with Gasteiger partial charge in [-0.05, 0) is 25.3 Å². The molecule has 160 valence electrons. The molecule has 1 aliphatic heterocycles. The van der Waals surface area contributed by atoms with Gasteiger partial charge in [0.15, 0.2) is 12.0 Å². The van der Waals surface area contributed by atoms with Gasteiger partial charge >= 0.3 is 0 Å². The Kier molecular flexibility index (Phi) is 5.47. The van der Waals surface area contributed by atoms with Crippen molar-refractivity contribution in [3.05, 3.63) is 100 Å². The highest BCUT2D eigenvalue weighted by Gasteiger charge is 2.23. The second-order valence-electron chi connectivity index (χ2n) is 7.74. The Labute approximate surface area is 185 Å². The van der Waals surface area contributed by atoms with Crippen LogP contribution in [-0.4, -0.2) is 27.0 Å². The molecule has 32 heavy (non-hydrogen) atoms. The molecule has 7 nitrogen and oxygen atoms in total. The van der Waals surface area contributed by atoms with Gasteiger partial charge in [-0.1, -0.05) is 60.7 Å². The summed E-state index contributed by atoms with van der Waals surface area (Å²) >= 11 is 0. The van der Waals surface area contributed by atoms with Gasteiger partial charge in [-0.15, -0.1) is 5.10 Å². The van der Waals surface area contributed by atoms with Crippen molar-refractivity contribution in [2.24, 2.45) is 4.99 Å². The van der Waals surface area contributed by atoms with Crippen LogP contribution in [0.25, 0.3) is 10.9 Å². The number of nitro groups is 1. The van der Waals surface area contributed by atoms with Crippen LogP contribution < -0.4 is 0 Å². The third-order valence-electron chi connectivity index (χ3n) is 5.62. The van der Waals surface area contributed by atoms with Crippen LogP contribution in [0.4, 0.5) is 11.5 Å². The fourth-order valence-corrected chi connectivity index (χ4v) is 4.04. The quantitative estimate of drug-likeness (QED) is 0.229. The first-order valence-electron chi connectivity index (χ1n) is 10.7. The largest absolute Gasteiger partial charge is 0.356 e. The molecule has 5 rings (SSSR count). The first-order chi connectivity index (χ1) is 15.7. The standard InChI is InChI=1S/C25H22N4O3/c30-29(31)20-14-15-22-21(17-20)25(27-28(22)23-13-7-8-16-32-23)26-24(18-9-3-1-4-10-18)19-11-5-2-6-12-19/h1-6,9-12,14-15,17,23H,7-8,13,16H2. The Morgan fingerprint density at radius 1 is 1.00 bits per heavy atom. The highest BCUT2D eigenvalue weighted by atomic mass is 16.6. The summed E-state index contributed by atoms with van der Waals surface area (Å²) in [7, 11) is 0. The summed E-state index contributed by atoms with van der Waals surface area (Å²) in [6, 6.07) is 24.6. The number of fused-ring (bicyclic) bond motifs is 1. The fourth-order valence-electron chi connectivity index (χ4n) is 4.04. The zero-order valence-corrected chi connectivity index (χ0v) is 17.4. The second kappa shape index (κ2) is 8.72. The molecule has 1 unspecified atom stereocenters. The Morgan fingerprint density at radius 2 is 1.69 bits per heavy atom. The van der Waals surface area contributed by atoms with Crippen molar-refractivity contribution in [3.63, 3.8) is 0 Å². The molecular formula is C25H22N4O3. The summed E-state index contributed by atoms with van der Waals surface area (Å²) in [6.07, 6.45) is 2.73. The Morgan fingerprint density at radius 3 is 2.28 bits per heavy atom. The summed E-state index contributed by atoms with van der Waals surface area (Å²) < 4.78 is 7.78. The highest BCUT2D eigenvalue weighted by molar-refractivity contribution is 6.14. The SMILES string of the molecule is O=[N+]([O-])c1ccc2c(c1)c(N=C(c1ccccc1)c1ccccc1)nn2C1CCCCO1. The number of aliphatic imine (C=N–C) groups is 1. The van der Waals surface area contributed by atoms with Gasteiger partial charge in [0.1, 0.15) is 0 Å². The van der Waals surface area contributed by atoms with E-state index in [4.69, 9.17) is 14.8 Å². The second-order valence-corrected chi connectivity index (χ2v) is 7.74. The number of nitrogens with zero attached hydrogens (tertiary/aromatic N) is 4. The number of ether oxygens (including phenoxy) is 1. The smallest absolute Gasteiger partial charge is 0.270 e. The molecule has 1 saturated heterocycles. The molecule has 1 atom stereocenters. The van der Waals surface area contributed by atoms with E-state index >= 15 is 0 Å². The summed E-state index contributed by atoms with van der Waals surface area (Å²) in [4.78, 5) is 16.0. The average Bonchev–Trinajstić information content (AvgIpc) is 3.22. The van der Waals surface area contributed by atoms with Crippen LogP contribution in [0.3, 0.4) is 0 Å². The number of non-ortho nitro benzene ring substituents is 1. The van der Waals surface area contributed by atoms with Gasteiger partial charge in [0.05, 0.1) is 21.5 Å². The maximum Gasteiger partial charge on any atom is 0.270 e. The minimum absolute atomic E-state index is 0.0130. The minimum Gasteiger partial charge on any atom is -0.356 e. The van der Waals surface area contributed by atoms with Crippen LogP contribution in [0.2, 0.25) is 0 Å². The van der Waals surface area contributed by atoms with E-state index in [9.17, 15) is 10.1 Å². The van der Waals surface area contributed by atoms with E-state index in [0.29, 0.717) is 17.8 Å². The van der Waals surface area contributed by atoms with Crippen molar-refractivity contribution in [1.29, 1.82) is 0 Å². The fraction of sp³-hybridized carbons (Fsp3) is 0.200. The average molecular weight is 426 g/mol. The molecule has 2 heterocycles. The zero-order chi connectivity index (χ0) is 21.9. The van der Waals surface area contributed by atoms with Crippen LogP contribution >= 0.6 is 0 Å². The maximum absolute atomic E-state index is 11.4. The summed E-state index contributed by atoms with van der Waals surface area (Å²) in [5.74, 6) is 0.445. The summed E-state index contributed by atoms with van der Waals surface area (Å²) in [6.45, 7) is 0.677. The molecule has 0 saturated carbocycles. The molecule has 0 spiro atoms. The number of aromatic nitrogens is 2. The Hall–Kier alpha value is -3.84. The highest BCUT2D eigenvalue weighted by Crippen LogP contribution is 2.34. The maximum atomic E-state index is 11.4. The van der Waals surface area contributed by atoms with Gasteiger partial charge < -0.3 is 4.74 Å². The number of benzene rings is 3. The lowest BCUT2D eigenvalue weighted by Gasteiger charge is -2.23. The van der Waals surface area contributed by atoms with E-state index in [-0.39, 0.29) is 11.9 Å². The number of rotatable bonds is 5. The molecule has 0 radical (unpaired) electrons. The molecule has 0 aliphatic carbocycles. The van der Waals surface area contributed by atoms with Gasteiger partial charge in [-0.2, -0.15) is 0 Å². The molecule has 1 aliphatic rings. The van der Waals surface area contributed by atoms with Crippen molar-refractivity contribution in [2.45, 2.75) is 25.5 Å². The molecule has 4 aromatic rings. The van der Waals surface area contributed by atoms with Gasteiger partial charge in [-0.3, -0.25) is 10.1 Å². The van der Waals surface area contributed by atoms with Gasteiger partial charge in [0.25, 0.3) is 5.69 Å². The summed E-state index contributed by atoms with van der Waals surface area (Å²) in [5.41, 5.74) is 3.44. The van der Waals surface area contributed by atoms with Crippen molar-refractivity contribution < 1.29 is 9.66 Å². The molecule has 0 bridgehead atoms. The number of hydrogen-bond acceptors (Lipinski definition) is 5. The number of hydrogen-bond donors (Lipinski definition) is 0. The van der Waals surface area contributed by atoms with E-state index in [1.54, 1.807) is 12.1 Å². The van der Waals surface area contributed by atoms with Crippen LogP contribution in [0.1, 0.15) is 36.6 Å². The lowest BCUT2D eigenvalue weighted by molar-refractivity contribution is -0.384. The van der Waals surface area contributed by atoms with Crippen LogP contribution in [-0.2, 0) is 4.74 Å². The lowest BCUT2D eigenvalue weighted by atomic mass is 10.0. The third-order valence-corrected chi connectivity index (χ3v) is 5.62. The van der Waals surface area contributed by atoms with Gasteiger partial charge in [-0.25, -0.2) is 9.67 Å². The van der Waals surface area contributed by atoms with Crippen LogP contribution in [0, 0.1) is 10.1 Å². The zero-order valence-electron chi connectivity index (χ0n) is 17.4. The number of nitro benzene ring substituents is 1. The first kappa shape index (κ1) is 20.1. The molecule has 1 aromatic heterocycles. The van der Waals surface area contributed by atoms with Gasteiger partial charge in [0.2, 0.25) is 0 Å². The molecule has 1 fully saturated rings.